The van der Waals surface area contributed by atoms with Crippen LogP contribution >= 0.6 is 34.5 Å². The van der Waals surface area contributed by atoms with Crippen molar-refractivity contribution < 1.29 is 18.3 Å². The Balaban J connectivity index is 2.35. The molecule has 0 fully saturated rings. The summed E-state index contributed by atoms with van der Waals surface area (Å²) in [6, 6.07) is 5.63. The number of hydrogen-bond acceptors (Lipinski definition) is 4. The van der Waals surface area contributed by atoms with Gasteiger partial charge in [0.25, 0.3) is 0 Å². The second-order valence-electron chi connectivity index (χ2n) is 3.97. The largest absolute Gasteiger partial charge is 0.478 e. The standard InChI is InChI=1S/C12H9Cl2NO4S2/c13-9-5-10(14)11(4-8(9)12(16)17)21(18,19)15-6-7-2-1-3-20-7/h1-5,15H,6H2,(H,16,17). The van der Waals surface area contributed by atoms with Gasteiger partial charge in [-0.3, -0.25) is 0 Å². The topological polar surface area (TPSA) is 83.5 Å². The number of sulfonamides is 1. The summed E-state index contributed by atoms with van der Waals surface area (Å²) in [5, 5.41) is 10.6. The quantitative estimate of drug-likeness (QED) is 0.851. The highest BCUT2D eigenvalue weighted by atomic mass is 35.5. The molecule has 1 aromatic carbocycles. The maximum atomic E-state index is 12.2. The third-order valence-electron chi connectivity index (χ3n) is 2.56. The predicted octanol–water partition coefficient (Wildman–Crippen LogP) is 3.23. The number of aromatic carboxylic acids is 1. The minimum atomic E-state index is -3.94. The molecule has 0 saturated carbocycles. The van der Waals surface area contributed by atoms with Crippen LogP contribution in [0.5, 0.6) is 0 Å². The molecule has 0 saturated heterocycles. The van der Waals surface area contributed by atoms with Crippen LogP contribution in [-0.4, -0.2) is 19.5 Å². The van der Waals surface area contributed by atoms with E-state index in [1.54, 1.807) is 12.1 Å². The van der Waals surface area contributed by atoms with Crippen molar-refractivity contribution >= 4 is 50.5 Å². The van der Waals surface area contributed by atoms with Crippen LogP contribution in [0.25, 0.3) is 0 Å². The van der Waals surface area contributed by atoms with E-state index in [1.165, 1.54) is 11.3 Å². The number of benzene rings is 1. The van der Waals surface area contributed by atoms with Gasteiger partial charge in [0.05, 0.1) is 15.6 Å². The number of thiophene rings is 1. The predicted molar refractivity (Wildman–Crippen MR) is 81.8 cm³/mol. The van der Waals surface area contributed by atoms with Crippen LogP contribution in [0.15, 0.2) is 34.5 Å². The summed E-state index contributed by atoms with van der Waals surface area (Å²) in [7, 11) is -3.94. The zero-order valence-corrected chi connectivity index (χ0v) is 13.5. The van der Waals surface area contributed by atoms with Crippen LogP contribution in [-0.2, 0) is 16.6 Å². The number of nitrogens with one attached hydrogen (secondary N) is 1. The van der Waals surface area contributed by atoms with Crippen LogP contribution in [0.4, 0.5) is 0 Å². The normalized spacial score (nSPS) is 11.5. The van der Waals surface area contributed by atoms with Gasteiger partial charge < -0.3 is 5.11 Å². The Hall–Kier alpha value is -1.12. The maximum absolute atomic E-state index is 12.2. The van der Waals surface area contributed by atoms with Gasteiger partial charge in [-0.2, -0.15) is 0 Å². The van der Waals surface area contributed by atoms with Crippen molar-refractivity contribution in [2.75, 3.05) is 0 Å². The van der Waals surface area contributed by atoms with Crippen LogP contribution in [0.1, 0.15) is 15.2 Å². The number of rotatable bonds is 5. The summed E-state index contributed by atoms with van der Waals surface area (Å²) in [6.07, 6.45) is 0. The van der Waals surface area contributed by atoms with Gasteiger partial charge in [-0.05, 0) is 23.6 Å². The molecule has 9 heteroatoms. The molecule has 0 radical (unpaired) electrons. The third-order valence-corrected chi connectivity index (χ3v) is 5.61. The molecule has 2 aromatic rings. The van der Waals surface area contributed by atoms with Crippen molar-refractivity contribution in [2.45, 2.75) is 11.4 Å². The van der Waals surface area contributed by atoms with Gasteiger partial charge in [-0.1, -0.05) is 29.3 Å². The monoisotopic (exact) mass is 365 g/mol. The van der Waals surface area contributed by atoms with Crippen molar-refractivity contribution in [3.05, 3.63) is 50.1 Å². The van der Waals surface area contributed by atoms with E-state index in [4.69, 9.17) is 28.3 Å². The Kier molecular flexibility index (Phi) is 4.90. The molecule has 0 bridgehead atoms. The first-order valence-electron chi connectivity index (χ1n) is 5.55. The van der Waals surface area contributed by atoms with Gasteiger partial charge in [-0.15, -0.1) is 11.3 Å². The number of carboxylic acid groups (broad SMARTS) is 1. The first-order valence-corrected chi connectivity index (χ1v) is 8.67. The summed E-state index contributed by atoms with van der Waals surface area (Å²) in [4.78, 5) is 11.5. The zero-order valence-electron chi connectivity index (χ0n) is 10.3. The molecule has 0 unspecified atom stereocenters. The van der Waals surface area contributed by atoms with Crippen molar-refractivity contribution in [3.8, 4) is 0 Å². The lowest BCUT2D eigenvalue weighted by atomic mass is 10.2. The maximum Gasteiger partial charge on any atom is 0.337 e. The molecular weight excluding hydrogens is 357 g/mol. The van der Waals surface area contributed by atoms with Crippen molar-refractivity contribution in [1.82, 2.24) is 4.72 Å². The van der Waals surface area contributed by atoms with Crippen molar-refractivity contribution in [1.29, 1.82) is 0 Å². The summed E-state index contributed by atoms with van der Waals surface area (Å²) in [5.74, 6) is -1.33. The fraction of sp³-hybridized carbons (Fsp3) is 0.0833. The molecule has 1 heterocycles. The number of halogens is 2. The van der Waals surface area contributed by atoms with Crippen molar-refractivity contribution in [3.63, 3.8) is 0 Å². The van der Waals surface area contributed by atoms with E-state index in [2.05, 4.69) is 4.72 Å². The third kappa shape index (κ3) is 3.75. The molecule has 112 valence electrons. The molecule has 0 amide bonds. The number of carboxylic acids is 1. The fourth-order valence-corrected chi connectivity index (χ4v) is 4.15. The molecule has 0 spiro atoms. The first kappa shape index (κ1) is 16.3. The van der Waals surface area contributed by atoms with E-state index in [0.29, 0.717) is 0 Å². The Bertz CT molecular complexity index is 773. The average molecular weight is 366 g/mol. The molecule has 0 aliphatic rings. The fourth-order valence-electron chi connectivity index (χ4n) is 1.56. The van der Waals surface area contributed by atoms with Gasteiger partial charge in [0, 0.05) is 11.4 Å². The van der Waals surface area contributed by atoms with Crippen molar-refractivity contribution in [2.24, 2.45) is 0 Å². The second kappa shape index (κ2) is 6.33. The molecule has 0 aliphatic carbocycles. The van der Waals surface area contributed by atoms with Gasteiger partial charge in [0.2, 0.25) is 10.0 Å². The van der Waals surface area contributed by atoms with E-state index in [1.807, 2.05) is 5.38 Å². The molecule has 2 rings (SSSR count). The van der Waals surface area contributed by atoms with Crippen LogP contribution in [0.3, 0.4) is 0 Å². The van der Waals surface area contributed by atoms with Gasteiger partial charge in [-0.25, -0.2) is 17.9 Å². The van der Waals surface area contributed by atoms with Crippen LogP contribution in [0, 0.1) is 0 Å². The molecule has 5 nitrogen and oxygen atoms in total. The lowest BCUT2D eigenvalue weighted by molar-refractivity contribution is 0.0697. The van der Waals surface area contributed by atoms with Gasteiger partial charge >= 0.3 is 5.97 Å². The number of carbonyl (C=O) groups is 1. The molecule has 1 aromatic heterocycles. The highest BCUT2D eigenvalue weighted by molar-refractivity contribution is 7.89. The summed E-state index contributed by atoms with van der Waals surface area (Å²) in [5.41, 5.74) is -0.322. The molecule has 0 atom stereocenters. The Morgan fingerprint density at radius 2 is 2.00 bits per heavy atom. The van der Waals surface area contributed by atoms with E-state index in [9.17, 15) is 13.2 Å². The zero-order chi connectivity index (χ0) is 15.6. The summed E-state index contributed by atoms with van der Waals surface area (Å²) in [6.45, 7) is 0.0986. The molecular formula is C12H9Cl2NO4S2. The first-order chi connectivity index (χ1) is 9.81. The lowest BCUT2D eigenvalue weighted by Gasteiger charge is -2.09. The average Bonchev–Trinajstić information content (AvgIpc) is 2.88. The molecule has 21 heavy (non-hydrogen) atoms. The molecule has 2 N–H and O–H groups in total. The smallest absolute Gasteiger partial charge is 0.337 e. The summed E-state index contributed by atoms with van der Waals surface area (Å²) >= 11 is 13.0. The molecule has 0 aliphatic heterocycles. The Morgan fingerprint density at radius 1 is 1.29 bits per heavy atom. The lowest BCUT2D eigenvalue weighted by Crippen LogP contribution is -2.23. The Labute approximate surface area is 135 Å². The second-order valence-corrected chi connectivity index (χ2v) is 7.55. The van der Waals surface area contributed by atoms with E-state index in [-0.39, 0.29) is 27.0 Å². The highest BCUT2D eigenvalue weighted by Crippen LogP contribution is 2.28. The minimum Gasteiger partial charge on any atom is -0.478 e. The van der Waals surface area contributed by atoms with Gasteiger partial charge in [0.15, 0.2) is 0 Å². The van der Waals surface area contributed by atoms with Crippen LogP contribution in [0.2, 0.25) is 10.0 Å². The van der Waals surface area contributed by atoms with E-state index >= 15 is 0 Å². The van der Waals surface area contributed by atoms with Gasteiger partial charge in [0.1, 0.15) is 4.90 Å². The minimum absolute atomic E-state index is 0.0986. The SMILES string of the molecule is O=C(O)c1cc(S(=O)(=O)NCc2cccs2)c(Cl)cc1Cl. The Morgan fingerprint density at radius 3 is 2.57 bits per heavy atom. The van der Waals surface area contributed by atoms with E-state index in [0.717, 1.165) is 17.0 Å². The summed E-state index contributed by atoms with van der Waals surface area (Å²) < 4.78 is 26.8. The number of hydrogen-bond donors (Lipinski definition) is 2. The van der Waals surface area contributed by atoms with E-state index < -0.39 is 16.0 Å². The highest BCUT2D eigenvalue weighted by Gasteiger charge is 2.22. The van der Waals surface area contributed by atoms with Crippen LogP contribution < -0.4 is 4.72 Å².